The molecule has 4 heterocycles. The van der Waals surface area contributed by atoms with E-state index in [0.29, 0.717) is 0 Å². The summed E-state index contributed by atoms with van der Waals surface area (Å²) in [6, 6.07) is 71.1. The average molecular weight is 728 g/mol. The van der Waals surface area contributed by atoms with Gasteiger partial charge in [0, 0.05) is 49.4 Å². The first-order valence-electron chi connectivity index (χ1n) is 19.4. The highest BCUT2D eigenvalue weighted by Crippen LogP contribution is 2.49. The molecular formula is C53H33N3O. The topological polar surface area (TPSA) is 35.9 Å². The van der Waals surface area contributed by atoms with Gasteiger partial charge in [-0.25, -0.2) is 4.98 Å². The lowest BCUT2D eigenvalue weighted by atomic mass is 9.99. The maximum absolute atomic E-state index is 6.94. The van der Waals surface area contributed by atoms with Gasteiger partial charge in [-0.15, -0.1) is 0 Å². The molecule has 4 heteroatoms. The molecule has 12 aromatic rings. The first-order valence-corrected chi connectivity index (χ1v) is 19.4. The summed E-state index contributed by atoms with van der Waals surface area (Å²) in [6.07, 6.45) is 0. The van der Waals surface area contributed by atoms with E-state index in [1.54, 1.807) is 0 Å². The molecule has 0 amide bonds. The van der Waals surface area contributed by atoms with Crippen molar-refractivity contribution >= 4 is 65.6 Å². The second kappa shape index (κ2) is 12.4. The molecule has 0 aliphatic carbocycles. The molecule has 4 nitrogen and oxygen atoms in total. The van der Waals surface area contributed by atoms with Crippen molar-refractivity contribution in [3.8, 4) is 45.0 Å². The molecule has 57 heavy (non-hydrogen) atoms. The summed E-state index contributed by atoms with van der Waals surface area (Å²) >= 11 is 0. The molecule has 0 unspecified atom stereocenters. The van der Waals surface area contributed by atoms with Crippen molar-refractivity contribution in [1.82, 2.24) is 14.1 Å². The number of furan rings is 1. The Bertz CT molecular complexity index is 3430. The van der Waals surface area contributed by atoms with Crippen molar-refractivity contribution in [1.29, 1.82) is 0 Å². The predicted molar refractivity (Wildman–Crippen MR) is 237 cm³/mol. The van der Waals surface area contributed by atoms with Crippen molar-refractivity contribution in [3.05, 3.63) is 200 Å². The van der Waals surface area contributed by atoms with Gasteiger partial charge in [0.2, 0.25) is 0 Å². The van der Waals surface area contributed by atoms with Crippen LogP contribution in [-0.2, 0) is 0 Å². The van der Waals surface area contributed by atoms with E-state index in [4.69, 9.17) is 9.40 Å². The third kappa shape index (κ3) is 4.77. The van der Waals surface area contributed by atoms with Crippen LogP contribution in [0.15, 0.2) is 205 Å². The Morgan fingerprint density at radius 2 is 0.825 bits per heavy atom. The molecule has 0 spiro atoms. The zero-order valence-corrected chi connectivity index (χ0v) is 30.8. The molecule has 0 atom stereocenters. The van der Waals surface area contributed by atoms with Crippen molar-refractivity contribution in [2.24, 2.45) is 0 Å². The maximum atomic E-state index is 6.94. The van der Waals surface area contributed by atoms with E-state index < -0.39 is 0 Å². The van der Waals surface area contributed by atoms with Crippen LogP contribution in [0.4, 0.5) is 0 Å². The Hall–Kier alpha value is -7.69. The summed E-state index contributed by atoms with van der Waals surface area (Å²) in [5.41, 5.74) is 14.9. The predicted octanol–water partition coefficient (Wildman–Crippen LogP) is 14.2. The molecule has 12 rings (SSSR count). The van der Waals surface area contributed by atoms with E-state index in [2.05, 4.69) is 197 Å². The maximum Gasteiger partial charge on any atom is 0.146 e. The van der Waals surface area contributed by atoms with E-state index in [1.807, 2.05) is 12.1 Å². The van der Waals surface area contributed by atoms with Crippen LogP contribution in [0.25, 0.3) is 111 Å². The number of hydrogen-bond donors (Lipinski definition) is 0. The fourth-order valence-corrected chi connectivity index (χ4v) is 9.01. The number of benzene rings is 8. The zero-order chi connectivity index (χ0) is 37.5. The second-order valence-electron chi connectivity index (χ2n) is 14.7. The van der Waals surface area contributed by atoms with Gasteiger partial charge >= 0.3 is 0 Å². The number of pyridine rings is 1. The van der Waals surface area contributed by atoms with Gasteiger partial charge in [-0.05, 0) is 65.7 Å². The number of hydrogen-bond acceptors (Lipinski definition) is 2. The van der Waals surface area contributed by atoms with Crippen LogP contribution in [-0.4, -0.2) is 14.1 Å². The largest absolute Gasteiger partial charge is 0.455 e. The van der Waals surface area contributed by atoms with Crippen LogP contribution in [0.3, 0.4) is 0 Å². The monoisotopic (exact) mass is 727 g/mol. The molecule has 266 valence electrons. The van der Waals surface area contributed by atoms with E-state index in [1.165, 1.54) is 10.8 Å². The molecule has 0 aliphatic heterocycles. The van der Waals surface area contributed by atoms with E-state index >= 15 is 0 Å². The fraction of sp³-hybridized carbons (Fsp3) is 0. The van der Waals surface area contributed by atoms with Crippen LogP contribution in [0, 0.1) is 0 Å². The zero-order valence-electron chi connectivity index (χ0n) is 30.8. The highest BCUT2D eigenvalue weighted by atomic mass is 16.3. The van der Waals surface area contributed by atoms with Crippen molar-refractivity contribution < 1.29 is 4.42 Å². The summed E-state index contributed by atoms with van der Waals surface area (Å²) in [5.74, 6) is 0. The summed E-state index contributed by atoms with van der Waals surface area (Å²) in [7, 11) is 0. The lowest BCUT2D eigenvalue weighted by molar-refractivity contribution is 0.673. The average Bonchev–Trinajstić information content (AvgIpc) is 3.95. The van der Waals surface area contributed by atoms with Gasteiger partial charge in [0.05, 0.1) is 38.8 Å². The molecule has 0 saturated carbocycles. The van der Waals surface area contributed by atoms with Crippen molar-refractivity contribution in [2.75, 3.05) is 0 Å². The highest BCUT2D eigenvalue weighted by molar-refractivity contribution is 6.39. The lowest BCUT2D eigenvalue weighted by Gasteiger charge is -2.14. The minimum atomic E-state index is 0.890. The van der Waals surface area contributed by atoms with Gasteiger partial charge in [0.25, 0.3) is 0 Å². The van der Waals surface area contributed by atoms with Gasteiger partial charge in [0.15, 0.2) is 0 Å². The fourth-order valence-electron chi connectivity index (χ4n) is 9.01. The van der Waals surface area contributed by atoms with Crippen LogP contribution < -0.4 is 0 Å². The Labute approximate surface area is 328 Å². The minimum absolute atomic E-state index is 0.890. The molecule has 0 bridgehead atoms. The molecule has 0 fully saturated rings. The third-order valence-corrected chi connectivity index (χ3v) is 11.5. The molecule has 4 aromatic heterocycles. The molecular weight excluding hydrogens is 695 g/mol. The summed E-state index contributed by atoms with van der Waals surface area (Å²) in [6.45, 7) is 0. The van der Waals surface area contributed by atoms with Gasteiger partial charge < -0.3 is 13.6 Å². The SMILES string of the molecule is c1ccc(-c2cc(-c3ccc(-n4c5ccccc5c5c6oc7ccccc7c6c6c7ccccc7n(-c7ccccc7)c6c54)cc3)cc(-c3ccccc3)n2)cc1. The van der Waals surface area contributed by atoms with Crippen LogP contribution in [0.1, 0.15) is 0 Å². The van der Waals surface area contributed by atoms with Crippen molar-refractivity contribution in [3.63, 3.8) is 0 Å². The van der Waals surface area contributed by atoms with Crippen LogP contribution >= 0.6 is 0 Å². The minimum Gasteiger partial charge on any atom is -0.455 e. The standard InChI is InChI=1S/C53H33N3O/c1-4-16-35(17-5-1)43-32-37(33-44(54-43)36-18-6-2-7-19-36)34-28-30-39(31-29-34)56-46-26-14-11-23-41(46)50-52(56)51-48(49-42-24-12-15-27-47(42)57-53(49)50)40-22-10-13-25-45(40)55(51)38-20-8-3-9-21-38/h1-33H. The second-order valence-corrected chi connectivity index (χ2v) is 14.7. The van der Waals surface area contributed by atoms with Gasteiger partial charge in [-0.3, -0.25) is 0 Å². The summed E-state index contributed by atoms with van der Waals surface area (Å²) in [4.78, 5) is 5.13. The molecule has 0 saturated heterocycles. The lowest BCUT2D eigenvalue weighted by Crippen LogP contribution is -1.99. The highest BCUT2D eigenvalue weighted by Gasteiger charge is 2.27. The Balaban J connectivity index is 1.17. The normalized spacial score (nSPS) is 11.9. The van der Waals surface area contributed by atoms with E-state index in [9.17, 15) is 0 Å². The first-order chi connectivity index (χ1) is 28.3. The van der Waals surface area contributed by atoms with E-state index in [-0.39, 0.29) is 0 Å². The number of nitrogens with zero attached hydrogens (tertiary/aromatic N) is 3. The Kier molecular flexibility index (Phi) is 6.89. The first kappa shape index (κ1) is 31.6. The number of rotatable bonds is 5. The van der Waals surface area contributed by atoms with E-state index in [0.717, 1.165) is 99.8 Å². The molecule has 0 radical (unpaired) electrons. The number of para-hydroxylation sites is 4. The molecule has 0 N–H and O–H groups in total. The number of aromatic nitrogens is 3. The molecule has 8 aromatic carbocycles. The quantitative estimate of drug-likeness (QED) is 0.177. The van der Waals surface area contributed by atoms with Gasteiger partial charge in [-0.1, -0.05) is 146 Å². The van der Waals surface area contributed by atoms with Crippen LogP contribution in [0.5, 0.6) is 0 Å². The van der Waals surface area contributed by atoms with Gasteiger partial charge in [-0.2, -0.15) is 0 Å². The Morgan fingerprint density at radius 3 is 1.44 bits per heavy atom. The summed E-state index contributed by atoms with van der Waals surface area (Å²) in [5, 5.41) is 6.94. The van der Waals surface area contributed by atoms with Gasteiger partial charge in [0.1, 0.15) is 11.2 Å². The smallest absolute Gasteiger partial charge is 0.146 e. The number of fused-ring (bicyclic) bond motifs is 12. The van der Waals surface area contributed by atoms with Crippen molar-refractivity contribution in [2.45, 2.75) is 0 Å². The van der Waals surface area contributed by atoms with Crippen LogP contribution in [0.2, 0.25) is 0 Å². The third-order valence-electron chi connectivity index (χ3n) is 11.5. The molecule has 0 aliphatic rings. The Morgan fingerprint density at radius 1 is 0.351 bits per heavy atom. The summed E-state index contributed by atoms with van der Waals surface area (Å²) < 4.78 is 11.8.